The van der Waals surface area contributed by atoms with E-state index in [9.17, 15) is 9.59 Å². The van der Waals surface area contributed by atoms with E-state index in [2.05, 4.69) is 9.97 Å². The van der Waals surface area contributed by atoms with Crippen LogP contribution in [0.3, 0.4) is 0 Å². The van der Waals surface area contributed by atoms with Crippen molar-refractivity contribution in [2.24, 2.45) is 0 Å². The van der Waals surface area contributed by atoms with Crippen molar-refractivity contribution in [3.05, 3.63) is 11.9 Å². The molecule has 126 valence electrons. The van der Waals surface area contributed by atoms with Crippen molar-refractivity contribution in [1.29, 1.82) is 0 Å². The van der Waals surface area contributed by atoms with E-state index < -0.39 is 5.97 Å². The van der Waals surface area contributed by atoms with Crippen LogP contribution in [0, 0.1) is 0 Å². The van der Waals surface area contributed by atoms with Gasteiger partial charge in [0, 0.05) is 25.4 Å². The maximum absolute atomic E-state index is 11.9. The highest BCUT2D eigenvalue weighted by Crippen LogP contribution is 2.28. The number of carboxylic acids is 1. The molecule has 0 unspecified atom stereocenters. The number of hydrogen-bond donors (Lipinski definition) is 1. The van der Waals surface area contributed by atoms with E-state index in [1.165, 1.54) is 14.2 Å². The van der Waals surface area contributed by atoms with E-state index in [0.29, 0.717) is 30.7 Å². The maximum Gasteiger partial charge on any atom is 0.303 e. The largest absolute Gasteiger partial charge is 0.481 e. The molecule has 1 N–H and O–H groups in total. The zero-order valence-corrected chi connectivity index (χ0v) is 13.3. The molecular weight excluding hydrogens is 302 g/mol. The Labute approximate surface area is 134 Å². The molecule has 8 heteroatoms. The SMILES string of the molecule is COc1cc(OC)nc(C2CCN(C(=O)CCC(=O)O)CC2)n1. The smallest absolute Gasteiger partial charge is 0.303 e. The minimum Gasteiger partial charge on any atom is -0.481 e. The number of rotatable bonds is 6. The summed E-state index contributed by atoms with van der Waals surface area (Å²) >= 11 is 0. The minimum atomic E-state index is -0.954. The van der Waals surface area contributed by atoms with Crippen molar-refractivity contribution in [2.75, 3.05) is 27.3 Å². The number of nitrogens with zero attached hydrogens (tertiary/aromatic N) is 3. The number of hydrogen-bond acceptors (Lipinski definition) is 6. The topological polar surface area (TPSA) is 102 Å². The van der Waals surface area contributed by atoms with Crippen LogP contribution in [0.15, 0.2) is 6.07 Å². The first-order valence-electron chi connectivity index (χ1n) is 7.50. The summed E-state index contributed by atoms with van der Waals surface area (Å²) < 4.78 is 10.3. The Kier molecular flexibility index (Phi) is 5.72. The van der Waals surface area contributed by atoms with E-state index in [4.69, 9.17) is 14.6 Å². The molecule has 1 aliphatic heterocycles. The van der Waals surface area contributed by atoms with Crippen LogP contribution in [0.4, 0.5) is 0 Å². The highest BCUT2D eigenvalue weighted by molar-refractivity contribution is 5.80. The van der Waals surface area contributed by atoms with Crippen LogP contribution in [-0.4, -0.2) is 59.2 Å². The molecule has 23 heavy (non-hydrogen) atoms. The van der Waals surface area contributed by atoms with Crippen LogP contribution < -0.4 is 9.47 Å². The van der Waals surface area contributed by atoms with Gasteiger partial charge in [-0.25, -0.2) is 0 Å². The molecule has 0 atom stereocenters. The Balaban J connectivity index is 1.96. The van der Waals surface area contributed by atoms with Gasteiger partial charge in [0.25, 0.3) is 0 Å². The van der Waals surface area contributed by atoms with Crippen molar-refractivity contribution < 1.29 is 24.2 Å². The van der Waals surface area contributed by atoms with Crippen molar-refractivity contribution in [2.45, 2.75) is 31.6 Å². The van der Waals surface area contributed by atoms with Gasteiger partial charge in [-0.2, -0.15) is 9.97 Å². The summed E-state index contributed by atoms with van der Waals surface area (Å²) in [4.78, 5) is 32.9. The van der Waals surface area contributed by atoms with E-state index in [0.717, 1.165) is 12.8 Å². The monoisotopic (exact) mass is 323 g/mol. The summed E-state index contributed by atoms with van der Waals surface area (Å²) in [6.07, 6.45) is 1.38. The predicted molar refractivity (Wildman–Crippen MR) is 80.6 cm³/mol. The lowest BCUT2D eigenvalue weighted by molar-refractivity contribution is -0.141. The summed E-state index contributed by atoms with van der Waals surface area (Å²) in [5.41, 5.74) is 0. The molecule has 0 aromatic carbocycles. The number of aromatic nitrogens is 2. The van der Waals surface area contributed by atoms with E-state index in [1.807, 2.05) is 0 Å². The number of methoxy groups -OCH3 is 2. The predicted octanol–water partition coefficient (Wildman–Crippen LogP) is 1.06. The molecule has 0 aliphatic carbocycles. The van der Waals surface area contributed by atoms with Crippen molar-refractivity contribution in [1.82, 2.24) is 14.9 Å². The minimum absolute atomic E-state index is 0.0451. The fourth-order valence-corrected chi connectivity index (χ4v) is 2.57. The number of likely N-dealkylation sites (tertiary alicyclic amines) is 1. The van der Waals surface area contributed by atoms with Gasteiger partial charge in [0.2, 0.25) is 17.7 Å². The van der Waals surface area contributed by atoms with Gasteiger partial charge in [0.05, 0.1) is 26.7 Å². The zero-order valence-electron chi connectivity index (χ0n) is 13.3. The van der Waals surface area contributed by atoms with Crippen molar-refractivity contribution in [3.63, 3.8) is 0 Å². The number of amides is 1. The molecule has 1 aromatic heterocycles. The molecule has 1 amide bonds. The van der Waals surface area contributed by atoms with Gasteiger partial charge in [0.1, 0.15) is 5.82 Å². The molecule has 8 nitrogen and oxygen atoms in total. The quantitative estimate of drug-likeness (QED) is 0.835. The molecule has 2 heterocycles. The second-order valence-corrected chi connectivity index (χ2v) is 5.36. The zero-order chi connectivity index (χ0) is 16.8. The second kappa shape index (κ2) is 7.75. The Morgan fingerprint density at radius 2 is 1.74 bits per heavy atom. The molecular formula is C15H21N3O5. The Hall–Kier alpha value is -2.38. The third-order valence-corrected chi connectivity index (χ3v) is 3.88. The summed E-state index contributed by atoms with van der Waals surface area (Å²) in [7, 11) is 3.07. The molecule has 1 aromatic rings. The Bertz CT molecular complexity index is 548. The lowest BCUT2D eigenvalue weighted by Gasteiger charge is -2.31. The van der Waals surface area contributed by atoms with Gasteiger partial charge in [0.15, 0.2) is 0 Å². The van der Waals surface area contributed by atoms with E-state index in [1.54, 1.807) is 11.0 Å². The number of carbonyl (C=O) groups excluding carboxylic acids is 1. The van der Waals surface area contributed by atoms with Crippen LogP contribution in [0.25, 0.3) is 0 Å². The number of ether oxygens (including phenoxy) is 2. The summed E-state index contributed by atoms with van der Waals surface area (Å²) in [6, 6.07) is 1.62. The number of aliphatic carboxylic acids is 1. The molecule has 0 saturated carbocycles. The fraction of sp³-hybridized carbons (Fsp3) is 0.600. The van der Waals surface area contributed by atoms with E-state index in [-0.39, 0.29) is 24.7 Å². The molecule has 0 bridgehead atoms. The number of carboxylic acid groups (broad SMARTS) is 1. The number of piperidine rings is 1. The molecule has 0 spiro atoms. The van der Waals surface area contributed by atoms with Gasteiger partial charge in [-0.1, -0.05) is 0 Å². The average molecular weight is 323 g/mol. The molecule has 1 saturated heterocycles. The number of carbonyl (C=O) groups is 2. The highest BCUT2D eigenvalue weighted by Gasteiger charge is 2.26. The van der Waals surface area contributed by atoms with Gasteiger partial charge in [-0.3, -0.25) is 9.59 Å². The third kappa shape index (κ3) is 4.54. The lowest BCUT2D eigenvalue weighted by Crippen LogP contribution is -2.38. The first-order valence-corrected chi connectivity index (χ1v) is 7.50. The molecule has 1 fully saturated rings. The molecule has 2 rings (SSSR count). The van der Waals surface area contributed by atoms with Crippen LogP contribution in [-0.2, 0) is 9.59 Å². The van der Waals surface area contributed by atoms with Crippen LogP contribution in [0.5, 0.6) is 11.8 Å². The summed E-state index contributed by atoms with van der Waals surface area (Å²) in [6.45, 7) is 1.15. The first kappa shape index (κ1) is 17.0. The first-order chi connectivity index (χ1) is 11.0. The second-order valence-electron chi connectivity index (χ2n) is 5.36. The van der Waals surface area contributed by atoms with Gasteiger partial charge < -0.3 is 19.5 Å². The summed E-state index contributed by atoms with van der Waals surface area (Å²) in [5.74, 6) is 0.611. The van der Waals surface area contributed by atoms with Crippen LogP contribution in [0.2, 0.25) is 0 Å². The normalized spacial score (nSPS) is 15.3. The maximum atomic E-state index is 11.9. The Morgan fingerprint density at radius 3 is 2.22 bits per heavy atom. The molecule has 1 aliphatic rings. The van der Waals surface area contributed by atoms with Crippen LogP contribution >= 0.6 is 0 Å². The lowest BCUT2D eigenvalue weighted by atomic mass is 9.95. The van der Waals surface area contributed by atoms with Crippen LogP contribution in [0.1, 0.15) is 37.4 Å². The van der Waals surface area contributed by atoms with E-state index >= 15 is 0 Å². The highest BCUT2D eigenvalue weighted by atomic mass is 16.5. The third-order valence-electron chi connectivity index (χ3n) is 3.88. The average Bonchev–Trinajstić information content (AvgIpc) is 2.59. The van der Waals surface area contributed by atoms with Crippen molar-refractivity contribution >= 4 is 11.9 Å². The van der Waals surface area contributed by atoms with Gasteiger partial charge in [-0.15, -0.1) is 0 Å². The summed E-state index contributed by atoms with van der Waals surface area (Å²) in [5, 5.41) is 8.64. The fourth-order valence-electron chi connectivity index (χ4n) is 2.57. The van der Waals surface area contributed by atoms with Crippen molar-refractivity contribution in [3.8, 4) is 11.8 Å². The Morgan fingerprint density at radius 1 is 1.17 bits per heavy atom. The van der Waals surface area contributed by atoms with Gasteiger partial charge >= 0.3 is 5.97 Å². The molecule has 0 radical (unpaired) electrons. The van der Waals surface area contributed by atoms with Gasteiger partial charge in [-0.05, 0) is 12.8 Å². The standard InChI is InChI=1S/C15H21N3O5/c1-22-11-9-12(23-2)17-15(16-11)10-5-7-18(8-6-10)13(19)3-4-14(20)21/h9-10H,3-8H2,1-2H3,(H,20,21).